The Balaban J connectivity index is 2.22. The predicted octanol–water partition coefficient (Wildman–Crippen LogP) is 0.967. The van der Waals surface area contributed by atoms with Crippen molar-refractivity contribution >= 4 is 17.8 Å². The topological polar surface area (TPSA) is 77.4 Å². The lowest BCUT2D eigenvalue weighted by atomic mass is 9.97. The van der Waals surface area contributed by atoms with Gasteiger partial charge in [0.1, 0.15) is 0 Å². The summed E-state index contributed by atoms with van der Waals surface area (Å²) in [7, 11) is 3.84. The first-order valence-corrected chi connectivity index (χ1v) is 7.61. The average Bonchev–Trinajstić information content (AvgIpc) is 2.47. The van der Waals surface area contributed by atoms with Gasteiger partial charge in [0.15, 0.2) is 0 Å². The van der Waals surface area contributed by atoms with Crippen LogP contribution >= 0.6 is 0 Å². The summed E-state index contributed by atoms with van der Waals surface area (Å²) in [5.74, 6) is 2.18. The molecule has 7 nitrogen and oxygen atoms in total. The van der Waals surface area contributed by atoms with Crippen LogP contribution in [0.25, 0.3) is 0 Å². The lowest BCUT2D eigenvalue weighted by Crippen LogP contribution is -2.43. The molecule has 1 aromatic rings. The molecule has 0 spiro atoms. The molecule has 1 saturated heterocycles. The fourth-order valence-corrected chi connectivity index (χ4v) is 2.33. The first-order chi connectivity index (χ1) is 10.0. The first-order valence-electron chi connectivity index (χ1n) is 7.61. The van der Waals surface area contributed by atoms with Crippen LogP contribution in [0.15, 0.2) is 0 Å². The molecule has 21 heavy (non-hydrogen) atoms. The van der Waals surface area contributed by atoms with Crippen LogP contribution in [-0.2, 0) is 0 Å². The van der Waals surface area contributed by atoms with Gasteiger partial charge >= 0.3 is 0 Å². The minimum Gasteiger partial charge on any atom is -0.393 e. The van der Waals surface area contributed by atoms with Crippen molar-refractivity contribution in [2.45, 2.75) is 32.8 Å². The highest BCUT2D eigenvalue weighted by atomic mass is 16.3. The second kappa shape index (κ2) is 6.89. The van der Waals surface area contributed by atoms with Gasteiger partial charge in [0, 0.05) is 33.7 Å². The van der Waals surface area contributed by atoms with Gasteiger partial charge in [-0.2, -0.15) is 15.0 Å². The van der Waals surface area contributed by atoms with Crippen LogP contribution in [0.3, 0.4) is 0 Å². The Morgan fingerprint density at radius 1 is 1.33 bits per heavy atom. The smallest absolute Gasteiger partial charge is 0.231 e. The van der Waals surface area contributed by atoms with Crippen molar-refractivity contribution in [2.75, 3.05) is 48.8 Å². The summed E-state index contributed by atoms with van der Waals surface area (Å²) in [4.78, 5) is 17.5. The number of nitrogens with one attached hydrogen (secondary N) is 1. The van der Waals surface area contributed by atoms with E-state index in [1.54, 1.807) is 0 Å². The summed E-state index contributed by atoms with van der Waals surface area (Å²) in [5, 5.41) is 13.1. The predicted molar refractivity (Wildman–Crippen MR) is 84.9 cm³/mol. The lowest BCUT2D eigenvalue weighted by Gasteiger charge is -2.34. The number of anilines is 3. The quantitative estimate of drug-likeness (QED) is 0.837. The second-order valence-corrected chi connectivity index (χ2v) is 5.86. The molecule has 2 atom stereocenters. The number of aliphatic hydroxyl groups excluding tert-OH is 1. The van der Waals surface area contributed by atoms with E-state index in [1.807, 2.05) is 19.0 Å². The molecule has 2 N–H and O–H groups in total. The molecule has 2 unspecified atom stereocenters. The van der Waals surface area contributed by atoms with E-state index in [0.717, 1.165) is 32.5 Å². The number of aromatic nitrogens is 3. The van der Waals surface area contributed by atoms with E-state index in [4.69, 9.17) is 0 Å². The van der Waals surface area contributed by atoms with Gasteiger partial charge < -0.3 is 20.2 Å². The Hall–Kier alpha value is -1.63. The molecule has 0 aromatic carbocycles. The number of hydrogen-bond donors (Lipinski definition) is 2. The van der Waals surface area contributed by atoms with Gasteiger partial charge in [-0.1, -0.05) is 13.8 Å². The summed E-state index contributed by atoms with van der Waals surface area (Å²) in [6.07, 6.45) is 1.54. The van der Waals surface area contributed by atoms with E-state index in [2.05, 4.69) is 39.0 Å². The number of hydrogen-bond acceptors (Lipinski definition) is 7. The third-order valence-corrected chi connectivity index (χ3v) is 3.69. The molecule has 2 rings (SSSR count). The van der Waals surface area contributed by atoms with E-state index in [9.17, 15) is 5.11 Å². The Bertz CT molecular complexity index is 467. The number of rotatable bonds is 5. The standard InChI is InChI=1S/C14H26N6O/c1-5-7-15-12-16-13(19(3)4)18-14(17-12)20-8-6-11(21)10(2)9-20/h10-11,21H,5-9H2,1-4H3,(H,15,16,17,18). The molecule has 1 aromatic heterocycles. The van der Waals surface area contributed by atoms with Gasteiger partial charge in [0.2, 0.25) is 17.8 Å². The Morgan fingerprint density at radius 2 is 2.10 bits per heavy atom. The average molecular weight is 294 g/mol. The van der Waals surface area contributed by atoms with Crippen LogP contribution in [0, 0.1) is 5.92 Å². The molecule has 0 amide bonds. The fourth-order valence-electron chi connectivity index (χ4n) is 2.33. The molecule has 1 aliphatic heterocycles. The Kier molecular flexibility index (Phi) is 5.17. The van der Waals surface area contributed by atoms with Gasteiger partial charge in [-0.15, -0.1) is 0 Å². The van der Waals surface area contributed by atoms with Gasteiger partial charge in [0.05, 0.1) is 6.10 Å². The van der Waals surface area contributed by atoms with E-state index in [-0.39, 0.29) is 12.0 Å². The lowest BCUT2D eigenvalue weighted by molar-refractivity contribution is 0.0966. The van der Waals surface area contributed by atoms with Gasteiger partial charge in [0.25, 0.3) is 0 Å². The molecule has 0 bridgehead atoms. The van der Waals surface area contributed by atoms with Crippen LogP contribution < -0.4 is 15.1 Å². The fraction of sp³-hybridized carbons (Fsp3) is 0.786. The number of aliphatic hydroxyl groups is 1. The Morgan fingerprint density at radius 3 is 2.71 bits per heavy atom. The minimum absolute atomic E-state index is 0.227. The van der Waals surface area contributed by atoms with Crippen molar-refractivity contribution in [3.05, 3.63) is 0 Å². The van der Waals surface area contributed by atoms with E-state index in [0.29, 0.717) is 17.8 Å². The van der Waals surface area contributed by atoms with Crippen LogP contribution in [0.5, 0.6) is 0 Å². The zero-order valence-electron chi connectivity index (χ0n) is 13.4. The minimum atomic E-state index is -0.228. The molecular formula is C14H26N6O. The summed E-state index contributed by atoms with van der Waals surface area (Å²) in [6, 6.07) is 0. The molecule has 1 fully saturated rings. The SMILES string of the molecule is CCCNc1nc(N(C)C)nc(N2CCC(O)C(C)C2)n1. The first kappa shape index (κ1) is 15.8. The molecule has 1 aliphatic rings. The van der Waals surface area contributed by atoms with Gasteiger partial charge in [-0.05, 0) is 18.8 Å². The highest BCUT2D eigenvalue weighted by molar-refractivity contribution is 5.44. The molecule has 2 heterocycles. The van der Waals surface area contributed by atoms with Gasteiger partial charge in [-0.25, -0.2) is 0 Å². The summed E-state index contributed by atoms with van der Waals surface area (Å²) < 4.78 is 0. The molecular weight excluding hydrogens is 268 g/mol. The van der Waals surface area contributed by atoms with E-state index >= 15 is 0 Å². The van der Waals surface area contributed by atoms with E-state index in [1.165, 1.54) is 0 Å². The molecule has 0 aliphatic carbocycles. The normalized spacial score (nSPS) is 22.2. The summed E-state index contributed by atoms with van der Waals surface area (Å²) in [5.41, 5.74) is 0. The van der Waals surface area contributed by atoms with Crippen molar-refractivity contribution in [3.63, 3.8) is 0 Å². The largest absolute Gasteiger partial charge is 0.393 e. The highest BCUT2D eigenvalue weighted by Gasteiger charge is 2.26. The maximum absolute atomic E-state index is 9.86. The highest BCUT2D eigenvalue weighted by Crippen LogP contribution is 2.22. The van der Waals surface area contributed by atoms with Crippen molar-refractivity contribution in [1.82, 2.24) is 15.0 Å². The Labute approximate surface area is 126 Å². The summed E-state index contributed by atoms with van der Waals surface area (Å²) >= 11 is 0. The maximum Gasteiger partial charge on any atom is 0.231 e. The van der Waals surface area contributed by atoms with Crippen molar-refractivity contribution in [3.8, 4) is 0 Å². The zero-order valence-corrected chi connectivity index (χ0v) is 13.4. The van der Waals surface area contributed by atoms with Crippen LogP contribution in [0.4, 0.5) is 17.8 Å². The monoisotopic (exact) mass is 294 g/mol. The van der Waals surface area contributed by atoms with Crippen LogP contribution in [0.1, 0.15) is 26.7 Å². The molecule has 118 valence electrons. The van der Waals surface area contributed by atoms with Crippen LogP contribution in [0.2, 0.25) is 0 Å². The number of nitrogens with zero attached hydrogens (tertiary/aromatic N) is 5. The summed E-state index contributed by atoms with van der Waals surface area (Å²) in [6.45, 7) is 6.54. The number of piperidine rings is 1. The maximum atomic E-state index is 9.86. The molecule has 0 saturated carbocycles. The van der Waals surface area contributed by atoms with Crippen LogP contribution in [-0.4, -0.2) is 59.9 Å². The zero-order chi connectivity index (χ0) is 15.4. The second-order valence-electron chi connectivity index (χ2n) is 5.86. The third kappa shape index (κ3) is 3.93. The molecule has 0 radical (unpaired) electrons. The van der Waals surface area contributed by atoms with Gasteiger partial charge in [-0.3, -0.25) is 0 Å². The van der Waals surface area contributed by atoms with Crippen molar-refractivity contribution < 1.29 is 5.11 Å². The van der Waals surface area contributed by atoms with Crippen molar-refractivity contribution in [1.29, 1.82) is 0 Å². The third-order valence-electron chi connectivity index (χ3n) is 3.69. The van der Waals surface area contributed by atoms with Crippen molar-refractivity contribution in [2.24, 2.45) is 5.92 Å². The molecule has 7 heteroatoms. The van der Waals surface area contributed by atoms with E-state index < -0.39 is 0 Å².